The first kappa shape index (κ1) is 17.6. The summed E-state index contributed by atoms with van der Waals surface area (Å²) in [7, 11) is 0. The molecule has 0 saturated heterocycles. The number of rotatable bonds is 6. The Labute approximate surface area is 150 Å². The van der Waals surface area contributed by atoms with E-state index in [0.717, 1.165) is 15.0 Å². The average Bonchev–Trinajstić information content (AvgIpc) is 3.04. The molecule has 2 N–H and O–H groups in total. The first-order valence-electron chi connectivity index (χ1n) is 8.17. The molecule has 0 radical (unpaired) electrons. The predicted molar refractivity (Wildman–Crippen MR) is 99.1 cm³/mol. The summed E-state index contributed by atoms with van der Waals surface area (Å²) in [5, 5.41) is 14.5. The number of fused-ring (bicyclic) bond motifs is 1. The summed E-state index contributed by atoms with van der Waals surface area (Å²) < 4.78 is 14.7. The minimum Gasteiger partial charge on any atom is -0.383 e. The number of carbonyl (C=O) groups is 1. The molecule has 130 valence electrons. The molecule has 3 rings (SSSR count). The Balaban J connectivity index is 1.58. The smallest absolute Gasteiger partial charge is 0.220 e. The molecular weight excluding hydrogens is 337 g/mol. The predicted octanol–water partition coefficient (Wildman–Crippen LogP) is 4.00. The lowest BCUT2D eigenvalue weighted by Crippen LogP contribution is -2.38. The standard InChI is InChI=1S/C20H20FNO2S/c1-20(24,18-12-15-7-3-5-9-17(15)25-18)13-22-19(23)11-10-14-6-2-4-8-16(14)21/h2-9,12,24H,10-11,13H2,1H3,(H,22,23)/t20-/m1/s1. The third-order valence-electron chi connectivity index (χ3n) is 4.17. The number of aliphatic hydroxyl groups is 1. The molecule has 0 unspecified atom stereocenters. The Kier molecular flexibility index (Phi) is 5.16. The van der Waals surface area contributed by atoms with Crippen molar-refractivity contribution in [1.29, 1.82) is 0 Å². The van der Waals surface area contributed by atoms with Crippen LogP contribution in [-0.4, -0.2) is 17.6 Å². The molecule has 0 aliphatic rings. The van der Waals surface area contributed by atoms with Crippen LogP contribution >= 0.6 is 11.3 Å². The molecule has 1 atom stereocenters. The van der Waals surface area contributed by atoms with E-state index in [1.54, 1.807) is 25.1 Å². The molecule has 1 heterocycles. The minimum atomic E-state index is -1.14. The number of hydrogen-bond donors (Lipinski definition) is 2. The lowest BCUT2D eigenvalue weighted by Gasteiger charge is -2.22. The number of thiophene rings is 1. The number of hydrogen-bond acceptors (Lipinski definition) is 3. The van der Waals surface area contributed by atoms with Crippen molar-refractivity contribution in [3.05, 3.63) is 70.9 Å². The highest BCUT2D eigenvalue weighted by Crippen LogP contribution is 2.32. The van der Waals surface area contributed by atoms with Crippen LogP contribution in [0.25, 0.3) is 10.1 Å². The van der Waals surface area contributed by atoms with Gasteiger partial charge in [0.2, 0.25) is 5.91 Å². The first-order valence-corrected chi connectivity index (χ1v) is 8.99. The average molecular weight is 357 g/mol. The third kappa shape index (κ3) is 4.24. The Hall–Kier alpha value is -2.24. The van der Waals surface area contributed by atoms with Crippen molar-refractivity contribution in [2.75, 3.05) is 6.54 Å². The monoisotopic (exact) mass is 357 g/mol. The second-order valence-electron chi connectivity index (χ2n) is 6.29. The van der Waals surface area contributed by atoms with Crippen molar-refractivity contribution in [1.82, 2.24) is 5.32 Å². The van der Waals surface area contributed by atoms with Gasteiger partial charge in [0.05, 0.1) is 6.54 Å². The molecule has 2 aromatic carbocycles. The van der Waals surface area contributed by atoms with Crippen LogP contribution in [0.15, 0.2) is 54.6 Å². The van der Waals surface area contributed by atoms with Gasteiger partial charge in [-0.25, -0.2) is 4.39 Å². The number of nitrogens with one attached hydrogen (secondary N) is 1. The maximum atomic E-state index is 13.6. The SMILES string of the molecule is C[C@@](O)(CNC(=O)CCc1ccccc1F)c1cc2ccccc2s1. The van der Waals surface area contributed by atoms with Crippen LogP contribution < -0.4 is 5.32 Å². The number of halogens is 1. The summed E-state index contributed by atoms with van der Waals surface area (Å²) in [5.74, 6) is -0.503. The number of benzene rings is 2. The normalized spacial score (nSPS) is 13.6. The lowest BCUT2D eigenvalue weighted by atomic mass is 10.0. The van der Waals surface area contributed by atoms with Crippen LogP contribution in [-0.2, 0) is 16.8 Å². The van der Waals surface area contributed by atoms with E-state index in [1.807, 2.05) is 30.3 Å². The quantitative estimate of drug-likeness (QED) is 0.701. The van der Waals surface area contributed by atoms with Crippen LogP contribution in [0.2, 0.25) is 0 Å². The van der Waals surface area contributed by atoms with Gasteiger partial charge in [-0.2, -0.15) is 0 Å². The van der Waals surface area contributed by atoms with E-state index in [4.69, 9.17) is 0 Å². The molecule has 0 aliphatic heterocycles. The van der Waals surface area contributed by atoms with Crippen molar-refractivity contribution in [2.24, 2.45) is 0 Å². The van der Waals surface area contributed by atoms with Crippen LogP contribution in [0.1, 0.15) is 23.8 Å². The van der Waals surface area contributed by atoms with Crippen LogP contribution in [0, 0.1) is 5.82 Å². The van der Waals surface area contributed by atoms with Crippen molar-refractivity contribution < 1.29 is 14.3 Å². The summed E-state index contributed by atoms with van der Waals surface area (Å²) >= 11 is 1.52. The Morgan fingerprint density at radius 1 is 1.20 bits per heavy atom. The van der Waals surface area contributed by atoms with Crippen molar-refractivity contribution in [3.8, 4) is 0 Å². The number of carbonyl (C=O) groups excluding carboxylic acids is 1. The third-order valence-corrected chi connectivity index (χ3v) is 5.53. The van der Waals surface area contributed by atoms with Gasteiger partial charge in [0.15, 0.2) is 0 Å². The molecule has 0 spiro atoms. The minimum absolute atomic E-state index is 0.121. The molecule has 0 aliphatic carbocycles. The summed E-state index contributed by atoms with van der Waals surface area (Å²) in [6, 6.07) is 16.3. The van der Waals surface area contributed by atoms with Gasteiger partial charge in [0.1, 0.15) is 11.4 Å². The zero-order valence-electron chi connectivity index (χ0n) is 14.0. The Morgan fingerprint density at radius 2 is 1.92 bits per heavy atom. The lowest BCUT2D eigenvalue weighted by molar-refractivity contribution is -0.122. The Morgan fingerprint density at radius 3 is 2.68 bits per heavy atom. The molecule has 0 fully saturated rings. The summed E-state index contributed by atoms with van der Waals surface area (Å²) in [4.78, 5) is 12.8. The van der Waals surface area contributed by atoms with Crippen molar-refractivity contribution in [2.45, 2.75) is 25.4 Å². The second-order valence-corrected chi connectivity index (χ2v) is 7.37. The zero-order valence-corrected chi connectivity index (χ0v) is 14.8. The maximum absolute atomic E-state index is 13.6. The van der Waals surface area contributed by atoms with Gasteiger partial charge < -0.3 is 10.4 Å². The highest BCUT2D eigenvalue weighted by Gasteiger charge is 2.26. The maximum Gasteiger partial charge on any atom is 0.220 e. The summed E-state index contributed by atoms with van der Waals surface area (Å²) in [5.41, 5.74) is -0.619. The van der Waals surface area contributed by atoms with Gasteiger partial charge in [0, 0.05) is 16.0 Å². The highest BCUT2D eigenvalue weighted by molar-refractivity contribution is 7.19. The van der Waals surface area contributed by atoms with E-state index in [1.165, 1.54) is 17.4 Å². The molecular formula is C20H20FNO2S. The van der Waals surface area contributed by atoms with Crippen LogP contribution in [0.4, 0.5) is 4.39 Å². The van der Waals surface area contributed by atoms with Crippen molar-refractivity contribution >= 4 is 27.3 Å². The topological polar surface area (TPSA) is 49.3 Å². The second kappa shape index (κ2) is 7.33. The van der Waals surface area contributed by atoms with E-state index in [0.29, 0.717) is 12.0 Å². The van der Waals surface area contributed by atoms with E-state index in [2.05, 4.69) is 5.32 Å². The fourth-order valence-electron chi connectivity index (χ4n) is 2.64. The Bertz CT molecular complexity index is 855. The summed E-state index contributed by atoms with van der Waals surface area (Å²) in [6.45, 7) is 1.81. The molecule has 1 aromatic heterocycles. The van der Waals surface area contributed by atoms with Gasteiger partial charge in [-0.15, -0.1) is 11.3 Å². The first-order chi connectivity index (χ1) is 12.0. The van der Waals surface area contributed by atoms with Gasteiger partial charge in [0.25, 0.3) is 0 Å². The zero-order chi connectivity index (χ0) is 17.9. The van der Waals surface area contributed by atoms with Gasteiger partial charge in [-0.3, -0.25) is 4.79 Å². The van der Waals surface area contributed by atoms with Gasteiger partial charge in [-0.05, 0) is 42.5 Å². The fraction of sp³-hybridized carbons (Fsp3) is 0.250. The molecule has 1 amide bonds. The van der Waals surface area contributed by atoms with Crippen molar-refractivity contribution in [3.63, 3.8) is 0 Å². The van der Waals surface area contributed by atoms with E-state index in [9.17, 15) is 14.3 Å². The highest BCUT2D eigenvalue weighted by atomic mass is 32.1. The molecule has 0 saturated carbocycles. The molecule has 0 bridgehead atoms. The molecule has 25 heavy (non-hydrogen) atoms. The van der Waals surface area contributed by atoms with Gasteiger partial charge >= 0.3 is 0 Å². The van der Waals surface area contributed by atoms with Gasteiger partial charge in [-0.1, -0.05) is 36.4 Å². The fourth-order valence-corrected chi connectivity index (χ4v) is 3.75. The molecule has 3 nitrogen and oxygen atoms in total. The van der Waals surface area contributed by atoms with E-state index >= 15 is 0 Å². The van der Waals surface area contributed by atoms with E-state index < -0.39 is 5.60 Å². The van der Waals surface area contributed by atoms with Crippen LogP contribution in [0.5, 0.6) is 0 Å². The number of amides is 1. The largest absolute Gasteiger partial charge is 0.383 e. The molecule has 3 aromatic rings. The molecule has 5 heteroatoms. The summed E-state index contributed by atoms with van der Waals surface area (Å²) in [6.07, 6.45) is 0.521. The van der Waals surface area contributed by atoms with Crippen LogP contribution in [0.3, 0.4) is 0 Å². The van der Waals surface area contributed by atoms with E-state index in [-0.39, 0.29) is 24.7 Å². The number of aryl methyl sites for hydroxylation is 1.